The van der Waals surface area contributed by atoms with Crippen LogP contribution in [0.4, 0.5) is 5.82 Å². The van der Waals surface area contributed by atoms with E-state index in [1.165, 1.54) is 13.3 Å². The van der Waals surface area contributed by atoms with Gasteiger partial charge < -0.3 is 35.5 Å². The normalized spacial score (nSPS) is 32.7. The van der Waals surface area contributed by atoms with Crippen LogP contribution >= 0.6 is 0 Å². The highest BCUT2D eigenvalue weighted by molar-refractivity contribution is 5.81. The molecule has 4 atom stereocenters. The Labute approximate surface area is 118 Å². The van der Waals surface area contributed by atoms with Gasteiger partial charge in [0.1, 0.15) is 11.6 Å². The van der Waals surface area contributed by atoms with Crippen LogP contribution in [0.3, 0.4) is 0 Å². The molecular formula is C11H15N5O5. The first-order valence-electron chi connectivity index (χ1n) is 6.23. The number of aromatic amines is 1. The van der Waals surface area contributed by atoms with Gasteiger partial charge in [-0.1, -0.05) is 0 Å². The third-order valence-electron chi connectivity index (χ3n) is 3.42. The van der Waals surface area contributed by atoms with Crippen LogP contribution in [0.2, 0.25) is 0 Å². The van der Waals surface area contributed by atoms with E-state index in [1.54, 1.807) is 0 Å². The maximum atomic E-state index is 10.2. The van der Waals surface area contributed by atoms with Gasteiger partial charge in [-0.15, -0.1) is 0 Å². The summed E-state index contributed by atoms with van der Waals surface area (Å²) >= 11 is 0. The summed E-state index contributed by atoms with van der Waals surface area (Å²) in [4.78, 5) is 14.7. The van der Waals surface area contributed by atoms with Crippen molar-refractivity contribution >= 4 is 17.0 Å². The molecule has 0 aromatic carbocycles. The molecule has 0 aliphatic carbocycles. The fourth-order valence-electron chi connectivity index (χ4n) is 2.23. The Balaban J connectivity index is 1.93. The summed E-state index contributed by atoms with van der Waals surface area (Å²) in [5, 5.41) is 29.1. The molecule has 6 N–H and O–H groups in total. The number of nitrogens with one attached hydrogen (secondary N) is 1. The number of aromatic nitrogens is 4. The number of nitrogens with zero attached hydrogens (tertiary/aromatic N) is 3. The lowest BCUT2D eigenvalue weighted by molar-refractivity contribution is -0.168. The molecule has 0 radical (unpaired) electrons. The van der Waals surface area contributed by atoms with Crippen molar-refractivity contribution in [1.82, 2.24) is 19.9 Å². The van der Waals surface area contributed by atoms with E-state index in [1.807, 2.05) is 0 Å². The third-order valence-corrected chi connectivity index (χ3v) is 3.42. The topological polar surface area (TPSA) is 160 Å². The lowest BCUT2D eigenvalue weighted by Gasteiger charge is -2.27. The van der Waals surface area contributed by atoms with Crippen molar-refractivity contribution in [1.29, 1.82) is 0 Å². The minimum Gasteiger partial charge on any atom is -0.454 e. The molecule has 0 saturated carbocycles. The summed E-state index contributed by atoms with van der Waals surface area (Å²) in [6.45, 7) is 0.881. The SMILES string of the molecule is C[C@@]1(O)[C@H](O)O[C@H](CO)[C@H]1Oc1nc(N)c2[nH]cnc2n1. The zero-order chi connectivity index (χ0) is 15.2. The summed E-state index contributed by atoms with van der Waals surface area (Å²) in [5.41, 5.74) is 4.78. The first-order valence-corrected chi connectivity index (χ1v) is 6.23. The Morgan fingerprint density at radius 2 is 2.29 bits per heavy atom. The summed E-state index contributed by atoms with van der Waals surface area (Å²) in [7, 11) is 0. The summed E-state index contributed by atoms with van der Waals surface area (Å²) in [5.74, 6) is 0.132. The van der Waals surface area contributed by atoms with Gasteiger partial charge in [0.25, 0.3) is 0 Å². The van der Waals surface area contributed by atoms with Crippen LogP contribution in [0, 0.1) is 0 Å². The fourth-order valence-corrected chi connectivity index (χ4v) is 2.23. The van der Waals surface area contributed by atoms with Gasteiger partial charge >= 0.3 is 6.01 Å². The number of H-pyrrole nitrogens is 1. The molecule has 0 amide bonds. The zero-order valence-electron chi connectivity index (χ0n) is 11.1. The van der Waals surface area contributed by atoms with Crippen LogP contribution in [0.1, 0.15) is 6.92 Å². The van der Waals surface area contributed by atoms with Crippen molar-refractivity contribution in [3.8, 4) is 6.01 Å². The highest BCUT2D eigenvalue weighted by Gasteiger charge is 2.54. The number of anilines is 1. The van der Waals surface area contributed by atoms with E-state index in [4.69, 9.17) is 15.2 Å². The van der Waals surface area contributed by atoms with Crippen molar-refractivity contribution in [2.24, 2.45) is 0 Å². The second-order valence-electron chi connectivity index (χ2n) is 4.97. The van der Waals surface area contributed by atoms with Crippen LogP contribution in [0.25, 0.3) is 11.2 Å². The number of rotatable bonds is 3. The largest absolute Gasteiger partial charge is 0.454 e. The quantitative estimate of drug-likeness (QED) is 0.437. The number of imidazole rings is 1. The fraction of sp³-hybridized carbons (Fsp3) is 0.545. The molecule has 2 aromatic rings. The maximum Gasteiger partial charge on any atom is 0.321 e. The van der Waals surface area contributed by atoms with Crippen molar-refractivity contribution in [3.05, 3.63) is 6.33 Å². The van der Waals surface area contributed by atoms with Gasteiger partial charge in [-0.3, -0.25) is 0 Å². The van der Waals surface area contributed by atoms with Gasteiger partial charge in [0, 0.05) is 0 Å². The first-order chi connectivity index (χ1) is 9.93. The summed E-state index contributed by atoms with van der Waals surface area (Å²) in [6, 6.07) is -0.131. The molecule has 1 aliphatic heterocycles. The molecule has 0 unspecified atom stereocenters. The van der Waals surface area contributed by atoms with Crippen molar-refractivity contribution in [2.75, 3.05) is 12.3 Å². The zero-order valence-corrected chi connectivity index (χ0v) is 11.1. The van der Waals surface area contributed by atoms with E-state index in [0.29, 0.717) is 11.2 Å². The molecule has 10 nitrogen and oxygen atoms in total. The average Bonchev–Trinajstić information content (AvgIpc) is 2.97. The summed E-state index contributed by atoms with van der Waals surface area (Å²) in [6.07, 6.45) is -2.07. The lowest BCUT2D eigenvalue weighted by atomic mass is 9.98. The van der Waals surface area contributed by atoms with E-state index in [9.17, 15) is 15.3 Å². The molecule has 3 heterocycles. The van der Waals surface area contributed by atoms with E-state index < -0.39 is 30.7 Å². The van der Waals surface area contributed by atoms with Gasteiger partial charge in [-0.25, -0.2) is 4.98 Å². The van der Waals surface area contributed by atoms with Crippen molar-refractivity contribution in [3.63, 3.8) is 0 Å². The lowest BCUT2D eigenvalue weighted by Crippen LogP contribution is -2.49. The van der Waals surface area contributed by atoms with Gasteiger partial charge in [0.2, 0.25) is 0 Å². The molecular weight excluding hydrogens is 282 g/mol. The highest BCUT2D eigenvalue weighted by atomic mass is 16.7. The number of ether oxygens (including phenoxy) is 2. The van der Waals surface area contributed by atoms with Crippen molar-refractivity contribution in [2.45, 2.75) is 31.0 Å². The standard InChI is InChI=1S/C11H15N5O5/c1-11(19)6(4(2-17)20-9(11)18)21-10-15-7(12)5-8(16-10)14-3-13-5/h3-4,6,9,17-19H,2H2,1H3,(H3,12,13,14,15,16)/t4-,6-,9-,11+/m1/s1. The van der Waals surface area contributed by atoms with Crippen LogP contribution in [0.5, 0.6) is 6.01 Å². The Kier molecular flexibility index (Phi) is 3.17. The number of aliphatic hydroxyl groups excluding tert-OH is 2. The first kappa shape index (κ1) is 13.9. The molecule has 10 heteroatoms. The average molecular weight is 297 g/mol. The molecule has 1 saturated heterocycles. The second-order valence-corrected chi connectivity index (χ2v) is 4.97. The van der Waals surface area contributed by atoms with E-state index in [-0.39, 0.29) is 11.8 Å². The Morgan fingerprint density at radius 1 is 1.52 bits per heavy atom. The molecule has 0 spiro atoms. The maximum absolute atomic E-state index is 10.2. The predicted octanol–water partition coefficient (Wildman–Crippen LogP) is -1.86. The number of fused-ring (bicyclic) bond motifs is 1. The van der Waals surface area contributed by atoms with Crippen molar-refractivity contribution < 1.29 is 24.8 Å². The number of hydrogen-bond donors (Lipinski definition) is 5. The van der Waals surface area contributed by atoms with Gasteiger partial charge in [-0.2, -0.15) is 9.97 Å². The van der Waals surface area contributed by atoms with E-state index in [2.05, 4.69) is 19.9 Å². The van der Waals surface area contributed by atoms with E-state index in [0.717, 1.165) is 0 Å². The Morgan fingerprint density at radius 3 is 3.00 bits per heavy atom. The number of nitrogen functional groups attached to an aromatic ring is 1. The molecule has 3 rings (SSSR count). The Bertz CT molecular complexity index is 659. The second kappa shape index (κ2) is 4.77. The minimum absolute atomic E-state index is 0.131. The molecule has 21 heavy (non-hydrogen) atoms. The van der Waals surface area contributed by atoms with Gasteiger partial charge in [0.15, 0.2) is 29.5 Å². The van der Waals surface area contributed by atoms with Crippen LogP contribution in [-0.4, -0.2) is 66.0 Å². The minimum atomic E-state index is -1.73. The van der Waals surface area contributed by atoms with Crippen LogP contribution in [0.15, 0.2) is 6.33 Å². The number of hydrogen-bond acceptors (Lipinski definition) is 9. The van der Waals surface area contributed by atoms with Crippen LogP contribution in [-0.2, 0) is 4.74 Å². The smallest absolute Gasteiger partial charge is 0.321 e. The van der Waals surface area contributed by atoms with Gasteiger partial charge in [-0.05, 0) is 6.92 Å². The predicted molar refractivity (Wildman–Crippen MR) is 69.1 cm³/mol. The van der Waals surface area contributed by atoms with Crippen LogP contribution < -0.4 is 10.5 Å². The Hall–Kier alpha value is -2.01. The molecule has 114 valence electrons. The highest BCUT2D eigenvalue weighted by Crippen LogP contribution is 2.32. The number of nitrogens with two attached hydrogens (primary N) is 1. The summed E-state index contributed by atoms with van der Waals surface area (Å²) < 4.78 is 10.5. The molecule has 0 bridgehead atoms. The number of aliphatic hydroxyl groups is 3. The molecule has 1 aliphatic rings. The molecule has 1 fully saturated rings. The third kappa shape index (κ3) is 2.17. The van der Waals surface area contributed by atoms with E-state index >= 15 is 0 Å². The monoisotopic (exact) mass is 297 g/mol. The molecule has 2 aromatic heterocycles. The van der Waals surface area contributed by atoms with Gasteiger partial charge in [0.05, 0.1) is 12.9 Å².